The molecule has 0 aromatic heterocycles. The maximum absolute atomic E-state index is 5.90. The van der Waals surface area contributed by atoms with Gasteiger partial charge < -0.3 is 10.6 Å². The molecule has 0 aromatic carbocycles. The second kappa shape index (κ2) is 7.08. The van der Waals surface area contributed by atoms with Crippen LogP contribution in [0.3, 0.4) is 0 Å². The standard InChI is InChI=1S/C14H28N2/c1-4-16(10-9-12(2)3)14-8-6-5-7-13(14)11-15/h13-14H,2,4-11,15H2,1,3H3. The smallest absolute Gasteiger partial charge is 0.0136 e. The lowest BCUT2D eigenvalue weighted by atomic mass is 9.83. The topological polar surface area (TPSA) is 29.3 Å². The molecular formula is C14H28N2. The second-order valence-electron chi connectivity index (χ2n) is 5.18. The van der Waals surface area contributed by atoms with E-state index in [2.05, 4.69) is 25.3 Å². The van der Waals surface area contributed by atoms with E-state index in [1.165, 1.54) is 31.3 Å². The van der Waals surface area contributed by atoms with Gasteiger partial charge in [0.15, 0.2) is 0 Å². The monoisotopic (exact) mass is 224 g/mol. The summed E-state index contributed by atoms with van der Waals surface area (Å²) >= 11 is 0. The molecule has 1 aliphatic carbocycles. The summed E-state index contributed by atoms with van der Waals surface area (Å²) in [6.07, 6.45) is 6.54. The minimum atomic E-state index is 0.721. The van der Waals surface area contributed by atoms with Crippen molar-refractivity contribution < 1.29 is 0 Å². The molecule has 0 amide bonds. The molecule has 1 saturated carbocycles. The number of nitrogens with zero attached hydrogens (tertiary/aromatic N) is 1. The van der Waals surface area contributed by atoms with Crippen molar-refractivity contribution in [2.24, 2.45) is 11.7 Å². The summed E-state index contributed by atoms with van der Waals surface area (Å²) < 4.78 is 0. The lowest BCUT2D eigenvalue weighted by Gasteiger charge is -2.39. The van der Waals surface area contributed by atoms with Crippen LogP contribution in [0.2, 0.25) is 0 Å². The molecule has 2 nitrogen and oxygen atoms in total. The minimum absolute atomic E-state index is 0.721. The van der Waals surface area contributed by atoms with Crippen LogP contribution < -0.4 is 5.73 Å². The molecule has 0 spiro atoms. The molecule has 1 rings (SSSR count). The van der Waals surface area contributed by atoms with E-state index >= 15 is 0 Å². The summed E-state index contributed by atoms with van der Waals surface area (Å²) in [5, 5.41) is 0. The molecule has 0 bridgehead atoms. The summed E-state index contributed by atoms with van der Waals surface area (Å²) in [5.41, 5.74) is 7.19. The lowest BCUT2D eigenvalue weighted by molar-refractivity contribution is 0.113. The van der Waals surface area contributed by atoms with Gasteiger partial charge in [0.05, 0.1) is 0 Å². The average molecular weight is 224 g/mol. The number of hydrogen-bond donors (Lipinski definition) is 1. The molecular weight excluding hydrogens is 196 g/mol. The quantitative estimate of drug-likeness (QED) is 0.703. The van der Waals surface area contributed by atoms with Gasteiger partial charge in [-0.2, -0.15) is 0 Å². The van der Waals surface area contributed by atoms with Crippen LogP contribution in [0.1, 0.15) is 46.0 Å². The van der Waals surface area contributed by atoms with Gasteiger partial charge in [-0.25, -0.2) is 0 Å². The summed E-state index contributed by atoms with van der Waals surface area (Å²) in [6.45, 7) is 11.5. The summed E-state index contributed by atoms with van der Waals surface area (Å²) in [6, 6.07) is 0.725. The van der Waals surface area contributed by atoms with Crippen molar-refractivity contribution in [1.82, 2.24) is 4.90 Å². The first-order chi connectivity index (χ1) is 7.69. The highest BCUT2D eigenvalue weighted by Crippen LogP contribution is 2.28. The highest BCUT2D eigenvalue weighted by Gasteiger charge is 2.27. The molecule has 16 heavy (non-hydrogen) atoms. The van der Waals surface area contributed by atoms with E-state index in [-0.39, 0.29) is 0 Å². The van der Waals surface area contributed by atoms with Gasteiger partial charge in [0.25, 0.3) is 0 Å². The van der Waals surface area contributed by atoms with E-state index in [9.17, 15) is 0 Å². The van der Waals surface area contributed by atoms with E-state index in [1.54, 1.807) is 0 Å². The van der Waals surface area contributed by atoms with Crippen molar-refractivity contribution in [3.8, 4) is 0 Å². The molecule has 0 saturated heterocycles. The van der Waals surface area contributed by atoms with Crippen LogP contribution in [0.25, 0.3) is 0 Å². The van der Waals surface area contributed by atoms with Crippen LogP contribution in [0.5, 0.6) is 0 Å². The number of hydrogen-bond acceptors (Lipinski definition) is 2. The Hall–Kier alpha value is -0.340. The molecule has 0 radical (unpaired) electrons. The largest absolute Gasteiger partial charge is 0.330 e. The van der Waals surface area contributed by atoms with Gasteiger partial charge in [-0.15, -0.1) is 6.58 Å². The summed E-state index contributed by atoms with van der Waals surface area (Å²) in [4.78, 5) is 2.62. The summed E-state index contributed by atoms with van der Waals surface area (Å²) in [5.74, 6) is 0.721. The van der Waals surface area contributed by atoms with Crippen LogP contribution in [0.4, 0.5) is 0 Å². The Bertz CT molecular complexity index is 213. The fourth-order valence-electron chi connectivity index (χ4n) is 2.84. The van der Waals surface area contributed by atoms with Crippen LogP contribution >= 0.6 is 0 Å². The highest BCUT2D eigenvalue weighted by atomic mass is 15.2. The Morgan fingerprint density at radius 2 is 2.06 bits per heavy atom. The molecule has 2 atom stereocenters. The van der Waals surface area contributed by atoms with Crippen molar-refractivity contribution in [3.05, 3.63) is 12.2 Å². The lowest BCUT2D eigenvalue weighted by Crippen LogP contribution is -2.45. The first kappa shape index (κ1) is 13.7. The van der Waals surface area contributed by atoms with Crippen LogP contribution in [0, 0.1) is 5.92 Å². The minimum Gasteiger partial charge on any atom is -0.330 e. The molecule has 2 unspecified atom stereocenters. The fraction of sp³-hybridized carbons (Fsp3) is 0.857. The third-order valence-corrected chi connectivity index (χ3v) is 3.87. The van der Waals surface area contributed by atoms with Gasteiger partial charge in [0, 0.05) is 12.6 Å². The molecule has 2 N–H and O–H groups in total. The predicted octanol–water partition coefficient (Wildman–Crippen LogP) is 2.79. The Morgan fingerprint density at radius 1 is 1.38 bits per heavy atom. The molecule has 0 aromatic rings. The van der Waals surface area contributed by atoms with Crippen LogP contribution in [0.15, 0.2) is 12.2 Å². The van der Waals surface area contributed by atoms with Crippen molar-refractivity contribution in [3.63, 3.8) is 0 Å². The number of nitrogens with two attached hydrogens (primary N) is 1. The molecule has 1 aliphatic rings. The average Bonchev–Trinajstić information content (AvgIpc) is 2.30. The molecule has 1 fully saturated rings. The molecule has 0 heterocycles. The first-order valence-corrected chi connectivity index (χ1v) is 6.77. The van der Waals surface area contributed by atoms with Gasteiger partial charge in [0.2, 0.25) is 0 Å². The van der Waals surface area contributed by atoms with Gasteiger partial charge in [-0.05, 0) is 45.2 Å². The zero-order valence-corrected chi connectivity index (χ0v) is 11.0. The SMILES string of the molecule is C=C(C)CCN(CC)C1CCCCC1CN. The fourth-order valence-corrected chi connectivity index (χ4v) is 2.84. The van der Waals surface area contributed by atoms with E-state index in [0.29, 0.717) is 0 Å². The van der Waals surface area contributed by atoms with Crippen LogP contribution in [-0.2, 0) is 0 Å². The van der Waals surface area contributed by atoms with Crippen molar-refractivity contribution in [2.75, 3.05) is 19.6 Å². The van der Waals surface area contributed by atoms with Crippen LogP contribution in [-0.4, -0.2) is 30.6 Å². The predicted molar refractivity (Wildman–Crippen MR) is 71.5 cm³/mol. The van der Waals surface area contributed by atoms with Gasteiger partial charge in [0.1, 0.15) is 0 Å². The Labute approximate surface area is 101 Å². The van der Waals surface area contributed by atoms with Crippen molar-refractivity contribution in [1.29, 1.82) is 0 Å². The number of rotatable bonds is 6. The maximum atomic E-state index is 5.90. The normalized spacial score (nSPS) is 26.0. The zero-order chi connectivity index (χ0) is 12.0. The van der Waals surface area contributed by atoms with Gasteiger partial charge in [-0.1, -0.05) is 25.3 Å². The maximum Gasteiger partial charge on any atom is 0.0136 e. The van der Waals surface area contributed by atoms with E-state index in [1.807, 2.05) is 0 Å². The van der Waals surface area contributed by atoms with E-state index in [0.717, 1.165) is 38.0 Å². The Kier molecular flexibility index (Phi) is 6.07. The van der Waals surface area contributed by atoms with Crippen molar-refractivity contribution in [2.45, 2.75) is 52.0 Å². The first-order valence-electron chi connectivity index (χ1n) is 6.77. The van der Waals surface area contributed by atoms with Crippen molar-refractivity contribution >= 4 is 0 Å². The highest BCUT2D eigenvalue weighted by molar-refractivity contribution is 4.91. The molecule has 94 valence electrons. The third kappa shape index (κ3) is 3.91. The Balaban J connectivity index is 2.51. The zero-order valence-electron chi connectivity index (χ0n) is 11.0. The van der Waals surface area contributed by atoms with Gasteiger partial charge in [-0.3, -0.25) is 0 Å². The van der Waals surface area contributed by atoms with Gasteiger partial charge >= 0.3 is 0 Å². The summed E-state index contributed by atoms with van der Waals surface area (Å²) in [7, 11) is 0. The van der Waals surface area contributed by atoms with E-state index < -0.39 is 0 Å². The molecule has 0 aliphatic heterocycles. The van der Waals surface area contributed by atoms with E-state index in [4.69, 9.17) is 5.73 Å². The second-order valence-corrected chi connectivity index (χ2v) is 5.18. The molecule has 2 heteroatoms. The third-order valence-electron chi connectivity index (χ3n) is 3.87. The Morgan fingerprint density at radius 3 is 2.62 bits per heavy atom.